The Hall–Kier alpha value is -1.24. The lowest BCUT2D eigenvalue weighted by atomic mass is 9.80. The number of rotatable bonds is 5. The van der Waals surface area contributed by atoms with E-state index in [0.29, 0.717) is 38.6 Å². The standard InChI is InChI=1S/C17H26F2N2O3/c1-10(2)3-15(22)21-7-13-12(9-24-14(13)8-21)6-20-16(23)11-4-17(18,19)5-11/h10-14H,3-9H2,1-2H3,(H,20,23)/t12-,13+,14+/m0/s1. The third-order valence-electron chi connectivity index (χ3n) is 5.37. The molecule has 0 aromatic rings. The summed E-state index contributed by atoms with van der Waals surface area (Å²) in [4.78, 5) is 25.9. The average molecular weight is 344 g/mol. The average Bonchev–Trinajstić information content (AvgIpc) is 3.02. The molecule has 3 rings (SSSR count). The topological polar surface area (TPSA) is 58.6 Å². The fraction of sp³-hybridized carbons (Fsp3) is 0.882. The molecule has 2 amide bonds. The van der Waals surface area contributed by atoms with Gasteiger partial charge in [0.25, 0.3) is 0 Å². The molecule has 1 N–H and O–H groups in total. The van der Waals surface area contributed by atoms with Crippen LogP contribution in [0.3, 0.4) is 0 Å². The molecule has 0 aromatic heterocycles. The molecule has 3 fully saturated rings. The highest BCUT2D eigenvalue weighted by Gasteiger charge is 2.49. The molecule has 2 saturated heterocycles. The monoisotopic (exact) mass is 344 g/mol. The SMILES string of the molecule is CC(C)CC(=O)N1C[C@@H]2[C@@H](CNC(=O)C3CC(F)(F)C3)CO[C@@H]2C1. The fourth-order valence-electron chi connectivity index (χ4n) is 3.91. The summed E-state index contributed by atoms with van der Waals surface area (Å²) >= 11 is 0. The molecular weight excluding hydrogens is 318 g/mol. The number of halogens is 2. The van der Waals surface area contributed by atoms with Crippen molar-refractivity contribution in [1.82, 2.24) is 10.2 Å². The fourth-order valence-corrected chi connectivity index (χ4v) is 3.91. The Bertz CT molecular complexity index is 504. The van der Waals surface area contributed by atoms with Gasteiger partial charge in [0.2, 0.25) is 17.7 Å². The molecule has 0 aromatic carbocycles. The van der Waals surface area contributed by atoms with Crippen LogP contribution in [0.4, 0.5) is 8.78 Å². The van der Waals surface area contributed by atoms with E-state index in [1.807, 2.05) is 18.7 Å². The summed E-state index contributed by atoms with van der Waals surface area (Å²) in [6.07, 6.45) is -0.111. The summed E-state index contributed by atoms with van der Waals surface area (Å²) in [5.41, 5.74) is 0. The first kappa shape index (κ1) is 17.6. The van der Waals surface area contributed by atoms with Crippen LogP contribution in [0.25, 0.3) is 0 Å². The smallest absolute Gasteiger partial charge is 0.249 e. The lowest BCUT2D eigenvalue weighted by Gasteiger charge is -2.34. The number of carbonyl (C=O) groups excluding carboxylic acids is 2. The molecule has 2 heterocycles. The number of amides is 2. The van der Waals surface area contributed by atoms with E-state index in [-0.39, 0.29) is 42.6 Å². The van der Waals surface area contributed by atoms with Crippen LogP contribution in [-0.4, -0.2) is 55.0 Å². The van der Waals surface area contributed by atoms with Crippen molar-refractivity contribution in [3.8, 4) is 0 Å². The van der Waals surface area contributed by atoms with E-state index >= 15 is 0 Å². The van der Waals surface area contributed by atoms with Crippen LogP contribution in [0, 0.1) is 23.7 Å². The summed E-state index contributed by atoms with van der Waals surface area (Å²) in [6.45, 7) is 6.33. The second-order valence-corrected chi connectivity index (χ2v) is 7.90. The number of nitrogens with zero attached hydrogens (tertiary/aromatic N) is 1. The molecule has 3 atom stereocenters. The molecule has 1 saturated carbocycles. The molecule has 2 aliphatic heterocycles. The maximum absolute atomic E-state index is 12.8. The zero-order valence-corrected chi connectivity index (χ0v) is 14.3. The second kappa shape index (κ2) is 6.58. The molecule has 3 aliphatic rings. The highest BCUT2D eigenvalue weighted by atomic mass is 19.3. The van der Waals surface area contributed by atoms with E-state index in [9.17, 15) is 18.4 Å². The lowest BCUT2D eigenvalue weighted by Crippen LogP contribution is -2.46. The molecule has 0 unspecified atom stereocenters. The maximum Gasteiger partial charge on any atom is 0.249 e. The van der Waals surface area contributed by atoms with Crippen molar-refractivity contribution in [2.45, 2.75) is 45.1 Å². The first-order valence-corrected chi connectivity index (χ1v) is 8.80. The van der Waals surface area contributed by atoms with Gasteiger partial charge in [0.15, 0.2) is 0 Å². The number of ether oxygens (including phenoxy) is 1. The number of hydrogen-bond acceptors (Lipinski definition) is 3. The van der Waals surface area contributed by atoms with Crippen LogP contribution in [0.5, 0.6) is 0 Å². The Morgan fingerprint density at radius 3 is 2.62 bits per heavy atom. The van der Waals surface area contributed by atoms with Crippen LogP contribution in [-0.2, 0) is 14.3 Å². The van der Waals surface area contributed by atoms with Crippen LogP contribution >= 0.6 is 0 Å². The Balaban J connectivity index is 1.45. The van der Waals surface area contributed by atoms with Gasteiger partial charge in [-0.15, -0.1) is 0 Å². The minimum absolute atomic E-state index is 0.0380. The van der Waals surface area contributed by atoms with Gasteiger partial charge >= 0.3 is 0 Å². The maximum atomic E-state index is 12.8. The molecule has 0 bridgehead atoms. The van der Waals surface area contributed by atoms with E-state index in [4.69, 9.17) is 4.74 Å². The quantitative estimate of drug-likeness (QED) is 0.825. The third-order valence-corrected chi connectivity index (χ3v) is 5.37. The summed E-state index contributed by atoms with van der Waals surface area (Å²) in [5.74, 6) is -2.66. The molecule has 1 aliphatic carbocycles. The molecule has 5 nitrogen and oxygen atoms in total. The van der Waals surface area contributed by atoms with Gasteiger partial charge in [-0.2, -0.15) is 0 Å². The summed E-state index contributed by atoms with van der Waals surface area (Å²) in [5, 5.41) is 2.80. The lowest BCUT2D eigenvalue weighted by molar-refractivity contribution is -0.150. The normalized spacial score (nSPS) is 31.9. The second-order valence-electron chi connectivity index (χ2n) is 7.90. The predicted molar refractivity (Wildman–Crippen MR) is 83.4 cm³/mol. The first-order valence-electron chi connectivity index (χ1n) is 8.80. The van der Waals surface area contributed by atoms with E-state index in [0.717, 1.165) is 0 Å². The Morgan fingerprint density at radius 1 is 1.29 bits per heavy atom. The van der Waals surface area contributed by atoms with Crippen LogP contribution in [0.2, 0.25) is 0 Å². The molecular formula is C17H26F2N2O3. The van der Waals surface area contributed by atoms with Crippen molar-refractivity contribution >= 4 is 11.8 Å². The van der Waals surface area contributed by atoms with Crippen LogP contribution in [0.15, 0.2) is 0 Å². The summed E-state index contributed by atoms with van der Waals surface area (Å²) < 4.78 is 31.5. The van der Waals surface area contributed by atoms with Crippen molar-refractivity contribution in [3.05, 3.63) is 0 Å². The van der Waals surface area contributed by atoms with Crippen molar-refractivity contribution in [2.75, 3.05) is 26.2 Å². The Labute approximate surface area is 141 Å². The van der Waals surface area contributed by atoms with Crippen molar-refractivity contribution in [2.24, 2.45) is 23.7 Å². The van der Waals surface area contributed by atoms with E-state index in [2.05, 4.69) is 5.32 Å². The first-order chi connectivity index (χ1) is 11.2. The summed E-state index contributed by atoms with van der Waals surface area (Å²) in [6, 6.07) is 0. The minimum atomic E-state index is -2.67. The number of fused-ring (bicyclic) bond motifs is 1. The van der Waals surface area contributed by atoms with Gasteiger partial charge in [-0.25, -0.2) is 8.78 Å². The van der Waals surface area contributed by atoms with Gasteiger partial charge in [0, 0.05) is 56.7 Å². The highest BCUT2D eigenvalue weighted by Crippen LogP contribution is 2.42. The molecule has 0 radical (unpaired) electrons. The zero-order valence-electron chi connectivity index (χ0n) is 14.3. The van der Waals surface area contributed by atoms with Gasteiger partial charge in [0.1, 0.15) is 0 Å². The van der Waals surface area contributed by atoms with Crippen molar-refractivity contribution in [3.63, 3.8) is 0 Å². The molecule has 136 valence electrons. The predicted octanol–water partition coefficient (Wildman–Crippen LogP) is 1.67. The van der Waals surface area contributed by atoms with Crippen LogP contribution < -0.4 is 5.32 Å². The number of carbonyl (C=O) groups is 2. The van der Waals surface area contributed by atoms with E-state index in [1.54, 1.807) is 0 Å². The Morgan fingerprint density at radius 2 is 2.00 bits per heavy atom. The largest absolute Gasteiger partial charge is 0.376 e. The summed E-state index contributed by atoms with van der Waals surface area (Å²) in [7, 11) is 0. The number of alkyl halides is 2. The van der Waals surface area contributed by atoms with Crippen molar-refractivity contribution < 1.29 is 23.1 Å². The molecule has 24 heavy (non-hydrogen) atoms. The third kappa shape index (κ3) is 3.71. The minimum Gasteiger partial charge on any atom is -0.376 e. The molecule has 7 heteroatoms. The van der Waals surface area contributed by atoms with E-state index < -0.39 is 11.8 Å². The van der Waals surface area contributed by atoms with E-state index in [1.165, 1.54) is 0 Å². The highest BCUT2D eigenvalue weighted by molar-refractivity contribution is 5.80. The van der Waals surface area contributed by atoms with Gasteiger partial charge < -0.3 is 15.0 Å². The number of nitrogens with one attached hydrogen (secondary N) is 1. The van der Waals surface area contributed by atoms with Gasteiger partial charge in [-0.05, 0) is 5.92 Å². The molecule has 0 spiro atoms. The Kier molecular flexibility index (Phi) is 4.82. The van der Waals surface area contributed by atoms with Gasteiger partial charge in [-0.3, -0.25) is 9.59 Å². The number of likely N-dealkylation sites (tertiary alicyclic amines) is 1. The van der Waals surface area contributed by atoms with Gasteiger partial charge in [0.05, 0.1) is 12.7 Å². The number of hydrogen-bond donors (Lipinski definition) is 1. The van der Waals surface area contributed by atoms with Gasteiger partial charge in [-0.1, -0.05) is 13.8 Å². The zero-order chi connectivity index (χ0) is 17.5. The van der Waals surface area contributed by atoms with Crippen LogP contribution in [0.1, 0.15) is 33.1 Å². The van der Waals surface area contributed by atoms with Crippen molar-refractivity contribution in [1.29, 1.82) is 0 Å².